The Hall–Kier alpha value is -3.25. The third kappa shape index (κ3) is 10.5. The standard InChI is InChI=1S/C19H23N6O15P3/c20-24-23-13-5-3-11(4-6-13)17(27)21-7-1-2-12-9-25(19(29)22-18(12)28)16-8-14(26)15(38-16)10-37-42(33,34)40-43(35,36)39-41(30,31)32/h1,3-7,9,14-16,26H,2,8,10H2,(H,21,27)(H,33,34)(H,35,36)(H,22,28,29)(H2,30,31,32)/t14-,15+,16+/m0/s1. The van der Waals surface area contributed by atoms with E-state index in [-0.39, 0.29) is 24.0 Å². The summed E-state index contributed by atoms with van der Waals surface area (Å²) in [6, 6.07) is 5.74. The van der Waals surface area contributed by atoms with Crippen LogP contribution >= 0.6 is 23.5 Å². The number of ether oxygens (including phenoxy) is 1. The second-order valence-corrected chi connectivity index (χ2v) is 12.9. The lowest BCUT2D eigenvalue weighted by molar-refractivity contribution is -0.0450. The number of aromatic nitrogens is 2. The van der Waals surface area contributed by atoms with Gasteiger partial charge in [0.15, 0.2) is 0 Å². The van der Waals surface area contributed by atoms with Crippen molar-refractivity contribution >= 4 is 35.1 Å². The summed E-state index contributed by atoms with van der Waals surface area (Å²) in [7, 11) is -16.8. The van der Waals surface area contributed by atoms with Crippen LogP contribution in [-0.4, -0.2) is 59.0 Å². The van der Waals surface area contributed by atoms with Gasteiger partial charge in [0, 0.05) is 40.5 Å². The highest BCUT2D eigenvalue weighted by Gasteiger charge is 2.43. The van der Waals surface area contributed by atoms with Crippen LogP contribution in [0.5, 0.6) is 0 Å². The average molecular weight is 668 g/mol. The van der Waals surface area contributed by atoms with E-state index < -0.39 is 65.7 Å². The molecule has 1 aliphatic rings. The molecule has 0 spiro atoms. The number of phosphoric acid groups is 3. The molecule has 5 atom stereocenters. The zero-order valence-corrected chi connectivity index (χ0v) is 24.0. The Morgan fingerprint density at radius 1 is 1.16 bits per heavy atom. The summed E-state index contributed by atoms with van der Waals surface area (Å²) in [6.45, 7) is -0.955. The van der Waals surface area contributed by atoms with E-state index in [1.54, 1.807) is 0 Å². The summed E-state index contributed by atoms with van der Waals surface area (Å²) in [6.07, 6.45) is -0.608. The van der Waals surface area contributed by atoms with E-state index in [1.165, 1.54) is 36.5 Å². The molecule has 2 aromatic rings. The quantitative estimate of drug-likeness (QED) is 0.0676. The van der Waals surface area contributed by atoms with Gasteiger partial charge in [-0.2, -0.15) is 8.62 Å². The van der Waals surface area contributed by atoms with E-state index in [9.17, 15) is 43.0 Å². The highest BCUT2D eigenvalue weighted by molar-refractivity contribution is 7.66. The zero-order valence-electron chi connectivity index (χ0n) is 21.3. The number of hydrogen-bond acceptors (Lipinski definition) is 12. The summed E-state index contributed by atoms with van der Waals surface area (Å²) < 4.78 is 52.1. The van der Waals surface area contributed by atoms with Crippen molar-refractivity contribution in [2.45, 2.75) is 31.3 Å². The lowest BCUT2D eigenvalue weighted by atomic mass is 10.2. The minimum absolute atomic E-state index is 0.0404. The summed E-state index contributed by atoms with van der Waals surface area (Å²) >= 11 is 0. The van der Waals surface area contributed by atoms with Crippen LogP contribution in [-0.2, 0) is 38.0 Å². The molecule has 2 heterocycles. The monoisotopic (exact) mass is 668 g/mol. The second kappa shape index (κ2) is 14.0. The molecule has 21 nitrogen and oxygen atoms in total. The van der Waals surface area contributed by atoms with Gasteiger partial charge in [-0.3, -0.25) is 23.7 Å². The van der Waals surface area contributed by atoms with Crippen molar-refractivity contribution in [2.75, 3.05) is 6.61 Å². The first-order chi connectivity index (χ1) is 20.0. The van der Waals surface area contributed by atoms with Crippen LogP contribution in [0.1, 0.15) is 28.6 Å². The number of benzene rings is 1. The number of carbonyl (C=O) groups excluding carboxylic acids is 1. The molecule has 0 bridgehead atoms. The van der Waals surface area contributed by atoms with Gasteiger partial charge in [-0.15, -0.1) is 0 Å². The van der Waals surface area contributed by atoms with Crippen LogP contribution in [0.3, 0.4) is 0 Å². The molecular formula is C19H23N6O15P3. The molecule has 1 aromatic carbocycles. The Labute approximate surface area is 239 Å². The Kier molecular flexibility index (Phi) is 11.2. The highest BCUT2D eigenvalue weighted by atomic mass is 31.3. The van der Waals surface area contributed by atoms with Crippen molar-refractivity contribution in [1.29, 1.82) is 0 Å². The molecule has 43 heavy (non-hydrogen) atoms. The second-order valence-electron chi connectivity index (χ2n) is 8.46. The maximum atomic E-state index is 12.4. The molecule has 7 N–H and O–H groups in total. The van der Waals surface area contributed by atoms with Gasteiger partial charge in [-0.1, -0.05) is 23.3 Å². The molecule has 2 unspecified atom stereocenters. The molecular weight excluding hydrogens is 645 g/mol. The van der Waals surface area contributed by atoms with E-state index in [1.807, 2.05) is 0 Å². The van der Waals surface area contributed by atoms with E-state index >= 15 is 0 Å². The van der Waals surface area contributed by atoms with Gasteiger partial charge in [0.25, 0.3) is 11.5 Å². The van der Waals surface area contributed by atoms with Crippen molar-refractivity contribution < 1.29 is 61.1 Å². The largest absolute Gasteiger partial charge is 0.490 e. The van der Waals surface area contributed by atoms with Crippen molar-refractivity contribution in [3.63, 3.8) is 0 Å². The van der Waals surface area contributed by atoms with Crippen LogP contribution in [0, 0.1) is 0 Å². The lowest BCUT2D eigenvalue weighted by Gasteiger charge is -2.19. The Bertz CT molecular complexity index is 1680. The molecule has 3 rings (SSSR count). The predicted molar refractivity (Wildman–Crippen MR) is 141 cm³/mol. The number of aliphatic hydroxyl groups is 1. The topological polar surface area (TPSA) is 322 Å². The Morgan fingerprint density at radius 2 is 1.84 bits per heavy atom. The fourth-order valence-corrected chi connectivity index (χ4v) is 6.56. The maximum absolute atomic E-state index is 12.4. The van der Waals surface area contributed by atoms with Gasteiger partial charge in [0.05, 0.1) is 12.7 Å². The number of allylic oxidation sites excluding steroid dienone is 1. The molecule has 1 aromatic heterocycles. The fourth-order valence-electron chi connectivity index (χ4n) is 3.53. The molecule has 1 aliphatic heterocycles. The van der Waals surface area contributed by atoms with E-state index in [0.29, 0.717) is 5.69 Å². The highest BCUT2D eigenvalue weighted by Crippen LogP contribution is 2.66. The molecule has 0 aliphatic carbocycles. The minimum atomic E-state index is -5.75. The van der Waals surface area contributed by atoms with E-state index in [0.717, 1.165) is 10.8 Å². The number of hydrogen-bond donors (Lipinski definition) is 7. The number of aliphatic hydroxyl groups excluding tert-OH is 1. The molecule has 1 fully saturated rings. The van der Waals surface area contributed by atoms with Crippen LogP contribution in [0.25, 0.3) is 10.4 Å². The van der Waals surface area contributed by atoms with Crippen LogP contribution in [0.15, 0.2) is 57.4 Å². The number of H-pyrrole nitrogens is 1. The summed E-state index contributed by atoms with van der Waals surface area (Å²) in [4.78, 5) is 77.5. The zero-order chi connectivity index (χ0) is 32.0. The van der Waals surface area contributed by atoms with Gasteiger partial charge < -0.3 is 34.7 Å². The van der Waals surface area contributed by atoms with E-state index in [4.69, 9.17) is 20.1 Å². The summed E-state index contributed by atoms with van der Waals surface area (Å²) in [5, 5.41) is 16.1. The number of rotatable bonds is 13. The average Bonchev–Trinajstić information content (AvgIpc) is 3.25. The van der Waals surface area contributed by atoms with Gasteiger partial charge >= 0.3 is 29.2 Å². The third-order valence-corrected chi connectivity index (χ3v) is 9.14. The lowest BCUT2D eigenvalue weighted by Crippen LogP contribution is -2.34. The van der Waals surface area contributed by atoms with E-state index in [2.05, 4.69) is 33.5 Å². The molecule has 0 radical (unpaired) electrons. The molecule has 24 heteroatoms. The van der Waals surface area contributed by atoms with Gasteiger partial charge in [0.1, 0.15) is 12.3 Å². The van der Waals surface area contributed by atoms with Crippen LogP contribution in [0.2, 0.25) is 0 Å². The maximum Gasteiger partial charge on any atom is 0.490 e. The number of azide groups is 1. The Morgan fingerprint density at radius 3 is 2.47 bits per heavy atom. The number of phosphoric ester groups is 1. The summed E-state index contributed by atoms with van der Waals surface area (Å²) in [5.74, 6) is -0.502. The normalized spacial score (nSPS) is 21.6. The van der Waals surface area contributed by atoms with Crippen LogP contribution < -0.4 is 16.6 Å². The van der Waals surface area contributed by atoms with Crippen molar-refractivity contribution in [3.05, 3.63) is 85.1 Å². The number of aromatic amines is 1. The number of amides is 1. The molecule has 234 valence electrons. The fraction of sp³-hybridized carbons (Fsp3) is 0.316. The SMILES string of the molecule is [N-]=[N+]=Nc1ccc(C(=O)NC=CCc2cn([C@H]3C[C@H](O)[C@@H](COP(=O)(O)OP(=O)(O)OP(=O)(O)O)O3)c(=O)[nH]c2=O)cc1. The van der Waals surface area contributed by atoms with Crippen molar-refractivity contribution in [3.8, 4) is 0 Å². The van der Waals surface area contributed by atoms with Crippen molar-refractivity contribution in [2.24, 2.45) is 5.11 Å². The number of nitrogens with one attached hydrogen (secondary N) is 2. The third-order valence-electron chi connectivity index (χ3n) is 5.33. The molecule has 1 amide bonds. The number of carbonyl (C=O) groups is 1. The van der Waals surface area contributed by atoms with Gasteiger partial charge in [-0.25, -0.2) is 18.5 Å². The van der Waals surface area contributed by atoms with Gasteiger partial charge in [0.2, 0.25) is 0 Å². The first-order valence-electron chi connectivity index (χ1n) is 11.6. The van der Waals surface area contributed by atoms with Gasteiger partial charge in [-0.05, 0) is 24.1 Å². The number of nitrogens with zero attached hydrogens (tertiary/aromatic N) is 4. The Balaban J connectivity index is 1.61. The first kappa shape index (κ1) is 34.2. The minimum Gasteiger partial charge on any atom is -0.390 e. The van der Waals surface area contributed by atoms with Crippen LogP contribution in [0.4, 0.5) is 5.69 Å². The molecule has 1 saturated heterocycles. The smallest absolute Gasteiger partial charge is 0.390 e. The summed E-state index contributed by atoms with van der Waals surface area (Å²) in [5.41, 5.74) is 7.35. The van der Waals surface area contributed by atoms with Crippen molar-refractivity contribution in [1.82, 2.24) is 14.9 Å². The molecule has 0 saturated carbocycles. The first-order valence-corrected chi connectivity index (χ1v) is 16.1. The predicted octanol–water partition coefficient (Wildman–Crippen LogP) is 0.956.